The molecule has 1 amide bonds. The Morgan fingerprint density at radius 3 is 2.20 bits per heavy atom. The lowest BCUT2D eigenvalue weighted by Gasteiger charge is -2.15. The molecular formula is C30H26Cl2N4O3S. The average molecular weight is 594 g/mol. The maximum Gasteiger partial charge on any atom is 0.331 e. The molecule has 0 saturated carbocycles. The van der Waals surface area contributed by atoms with E-state index in [4.69, 9.17) is 33.7 Å². The van der Waals surface area contributed by atoms with Gasteiger partial charge in [-0.05, 0) is 54.1 Å². The van der Waals surface area contributed by atoms with E-state index in [-0.39, 0.29) is 28.0 Å². The average Bonchev–Trinajstić information content (AvgIpc) is 2.95. The number of esters is 1. The third-order valence-electron chi connectivity index (χ3n) is 5.72. The summed E-state index contributed by atoms with van der Waals surface area (Å²) in [4.78, 5) is 31.7. The molecule has 0 aromatic heterocycles. The number of hydrogen-bond acceptors (Lipinski definition) is 5. The number of halogens is 2. The zero-order chi connectivity index (χ0) is 28.5. The third-order valence-corrected chi connectivity index (χ3v) is 7.43. The topological polar surface area (TPSA) is 106 Å². The minimum atomic E-state index is -0.881. The van der Waals surface area contributed by atoms with Crippen LogP contribution in [0.1, 0.15) is 15.9 Å². The fraction of sp³-hybridized carbons (Fsp3) is 0.100. The van der Waals surface area contributed by atoms with Gasteiger partial charge in [-0.2, -0.15) is 0 Å². The summed E-state index contributed by atoms with van der Waals surface area (Å²) in [5.41, 5.74) is 8.52. The van der Waals surface area contributed by atoms with Crippen LogP contribution in [0.3, 0.4) is 0 Å². The number of benzene rings is 4. The van der Waals surface area contributed by atoms with Crippen molar-refractivity contribution in [2.45, 2.75) is 22.3 Å². The van der Waals surface area contributed by atoms with Crippen molar-refractivity contribution < 1.29 is 14.3 Å². The molecule has 4 aromatic rings. The van der Waals surface area contributed by atoms with Gasteiger partial charge in [0.25, 0.3) is 5.91 Å². The van der Waals surface area contributed by atoms with Crippen LogP contribution in [-0.4, -0.2) is 31.0 Å². The van der Waals surface area contributed by atoms with Gasteiger partial charge in [0.2, 0.25) is 0 Å². The van der Waals surface area contributed by atoms with Crippen LogP contribution in [0, 0.1) is 0 Å². The Labute approximate surface area is 246 Å². The van der Waals surface area contributed by atoms with Gasteiger partial charge in [0.1, 0.15) is 0 Å². The molecule has 0 aliphatic carbocycles. The number of nitrogens with one attached hydrogen (secondary N) is 2. The SMILES string of the molecule is COC(=O)[C@H](Cc1ccc(NC(=O)c2c(Cl)cccc2Cl)cc1)N=C(N)Nc1ccccc1Sc1ccccc1. The molecule has 204 valence electrons. The number of anilines is 2. The number of aliphatic imine (C=N–C) groups is 1. The molecule has 7 nitrogen and oxygen atoms in total. The lowest BCUT2D eigenvalue weighted by atomic mass is 10.1. The number of amides is 1. The molecule has 1 atom stereocenters. The van der Waals surface area contributed by atoms with Gasteiger partial charge >= 0.3 is 5.97 Å². The summed E-state index contributed by atoms with van der Waals surface area (Å²) in [6, 6.07) is 28.6. The zero-order valence-electron chi connectivity index (χ0n) is 21.4. The van der Waals surface area contributed by atoms with Gasteiger partial charge in [0, 0.05) is 21.9 Å². The number of ether oxygens (including phenoxy) is 1. The van der Waals surface area contributed by atoms with Gasteiger partial charge in [0.15, 0.2) is 12.0 Å². The van der Waals surface area contributed by atoms with E-state index in [0.29, 0.717) is 5.69 Å². The normalized spacial score (nSPS) is 11.9. The van der Waals surface area contributed by atoms with Gasteiger partial charge in [0.05, 0.1) is 28.4 Å². The Hall–Kier alpha value is -3.98. The fourth-order valence-electron chi connectivity index (χ4n) is 3.79. The number of guanidine groups is 1. The zero-order valence-corrected chi connectivity index (χ0v) is 23.8. The molecule has 4 rings (SSSR count). The Balaban J connectivity index is 1.45. The van der Waals surface area contributed by atoms with Crippen LogP contribution < -0.4 is 16.4 Å². The van der Waals surface area contributed by atoms with E-state index in [0.717, 1.165) is 21.0 Å². The summed E-state index contributed by atoms with van der Waals surface area (Å²) in [7, 11) is 1.30. The second-order valence-electron chi connectivity index (χ2n) is 8.54. The smallest absolute Gasteiger partial charge is 0.331 e. The van der Waals surface area contributed by atoms with Crippen LogP contribution in [0.5, 0.6) is 0 Å². The highest BCUT2D eigenvalue weighted by Crippen LogP contribution is 2.33. The van der Waals surface area contributed by atoms with E-state index >= 15 is 0 Å². The number of hydrogen-bond donors (Lipinski definition) is 3. The lowest BCUT2D eigenvalue weighted by Crippen LogP contribution is -2.30. The molecule has 4 N–H and O–H groups in total. The van der Waals surface area contributed by atoms with Crippen LogP contribution in [-0.2, 0) is 16.0 Å². The van der Waals surface area contributed by atoms with Crippen molar-refractivity contribution in [3.05, 3.63) is 118 Å². The molecule has 0 fully saturated rings. The van der Waals surface area contributed by atoms with E-state index < -0.39 is 17.9 Å². The van der Waals surface area contributed by atoms with Gasteiger partial charge in [-0.25, -0.2) is 9.79 Å². The standard InChI is InChI=1S/C30H26Cl2N4O3S/c1-39-29(38)25(36-30(33)35-24-12-5-6-13-26(24)40-21-8-3-2-4-9-21)18-19-14-16-20(17-15-19)34-28(37)27-22(31)10-7-11-23(27)32/h2-17,25H,18H2,1H3,(H,34,37)(H3,33,35,36)/t25-/m0/s1. The molecule has 0 saturated heterocycles. The first-order valence-corrected chi connectivity index (χ1v) is 13.8. The largest absolute Gasteiger partial charge is 0.467 e. The van der Waals surface area contributed by atoms with Crippen molar-refractivity contribution in [1.29, 1.82) is 0 Å². The molecule has 4 aromatic carbocycles. The van der Waals surface area contributed by atoms with Gasteiger partial charge in [-0.3, -0.25) is 4.79 Å². The third kappa shape index (κ3) is 7.79. The molecule has 0 unspecified atom stereocenters. The molecule has 0 aliphatic rings. The van der Waals surface area contributed by atoms with E-state index in [9.17, 15) is 9.59 Å². The number of carbonyl (C=O) groups is 2. The minimum absolute atomic E-state index is 0.0806. The second kappa shape index (κ2) is 13.9. The summed E-state index contributed by atoms with van der Waals surface area (Å²) in [6.07, 6.45) is 0.236. The van der Waals surface area contributed by atoms with Crippen molar-refractivity contribution in [1.82, 2.24) is 0 Å². The lowest BCUT2D eigenvalue weighted by molar-refractivity contribution is -0.142. The predicted octanol–water partition coefficient (Wildman–Crippen LogP) is 6.91. The van der Waals surface area contributed by atoms with Crippen LogP contribution in [0.15, 0.2) is 112 Å². The first-order valence-electron chi connectivity index (χ1n) is 12.2. The van der Waals surface area contributed by atoms with Crippen LogP contribution in [0.4, 0.5) is 11.4 Å². The van der Waals surface area contributed by atoms with Crippen molar-refractivity contribution in [2.75, 3.05) is 17.7 Å². The van der Waals surface area contributed by atoms with Gasteiger partial charge in [-0.15, -0.1) is 0 Å². The fourth-order valence-corrected chi connectivity index (χ4v) is 5.28. The van der Waals surface area contributed by atoms with Gasteiger partial charge < -0.3 is 21.1 Å². The summed E-state index contributed by atoms with van der Waals surface area (Å²) in [5.74, 6) is -0.871. The summed E-state index contributed by atoms with van der Waals surface area (Å²) >= 11 is 13.9. The predicted molar refractivity (Wildman–Crippen MR) is 163 cm³/mol. The molecule has 10 heteroatoms. The molecule has 0 spiro atoms. The first-order chi connectivity index (χ1) is 19.3. The highest BCUT2D eigenvalue weighted by molar-refractivity contribution is 7.99. The monoisotopic (exact) mass is 592 g/mol. The van der Waals surface area contributed by atoms with E-state index in [1.807, 2.05) is 54.6 Å². The minimum Gasteiger partial charge on any atom is -0.467 e. The number of para-hydroxylation sites is 1. The molecule has 0 radical (unpaired) electrons. The maximum atomic E-state index is 12.7. The van der Waals surface area contributed by atoms with Crippen molar-refractivity contribution >= 4 is 64.2 Å². The molecule has 0 bridgehead atoms. The van der Waals surface area contributed by atoms with Crippen LogP contribution in [0.25, 0.3) is 0 Å². The molecular weight excluding hydrogens is 567 g/mol. The number of methoxy groups -OCH3 is 1. The summed E-state index contributed by atoms with van der Waals surface area (Å²) in [5, 5.41) is 6.40. The molecule has 0 heterocycles. The van der Waals surface area contributed by atoms with Crippen molar-refractivity contribution in [2.24, 2.45) is 10.7 Å². The Morgan fingerprint density at radius 1 is 0.875 bits per heavy atom. The summed E-state index contributed by atoms with van der Waals surface area (Å²) < 4.78 is 4.97. The Bertz CT molecular complexity index is 1500. The molecule has 0 aliphatic heterocycles. The van der Waals surface area contributed by atoms with Crippen LogP contribution >= 0.6 is 35.0 Å². The van der Waals surface area contributed by atoms with Crippen molar-refractivity contribution in [3.8, 4) is 0 Å². The summed E-state index contributed by atoms with van der Waals surface area (Å²) in [6.45, 7) is 0. The molecule has 40 heavy (non-hydrogen) atoms. The number of nitrogens with zero attached hydrogens (tertiary/aromatic N) is 1. The number of rotatable bonds is 9. The number of carbonyl (C=O) groups excluding carboxylic acids is 2. The highest BCUT2D eigenvalue weighted by Gasteiger charge is 2.20. The Morgan fingerprint density at radius 2 is 1.52 bits per heavy atom. The van der Waals surface area contributed by atoms with E-state index in [2.05, 4.69) is 15.6 Å². The Kier molecular flexibility index (Phi) is 10.1. The highest BCUT2D eigenvalue weighted by atomic mass is 35.5. The van der Waals surface area contributed by atoms with Crippen molar-refractivity contribution in [3.63, 3.8) is 0 Å². The van der Waals surface area contributed by atoms with E-state index in [1.54, 1.807) is 54.2 Å². The second-order valence-corrected chi connectivity index (χ2v) is 10.5. The first kappa shape index (κ1) is 29.0. The van der Waals surface area contributed by atoms with Crippen LogP contribution in [0.2, 0.25) is 10.0 Å². The quantitative estimate of drug-likeness (QED) is 0.111. The van der Waals surface area contributed by atoms with E-state index in [1.165, 1.54) is 7.11 Å². The maximum absolute atomic E-state index is 12.7. The number of nitrogens with two attached hydrogens (primary N) is 1. The van der Waals surface area contributed by atoms with Gasteiger partial charge in [-0.1, -0.05) is 83.5 Å².